The maximum atomic E-state index is 12.8. The summed E-state index contributed by atoms with van der Waals surface area (Å²) in [7, 11) is -3.61. The molecule has 0 saturated carbocycles. The van der Waals surface area contributed by atoms with Gasteiger partial charge < -0.3 is 14.4 Å². The molecule has 2 rings (SSSR count). The molecule has 1 saturated heterocycles. The molecular formula is C19H31NO6S. The topological polar surface area (TPSA) is 107 Å². The predicted molar refractivity (Wildman–Crippen MR) is 101 cm³/mol. The number of carbonyl (C=O) groups is 1. The second-order valence-corrected chi connectivity index (χ2v) is 11.2. The molecule has 1 N–H and O–H groups in total. The van der Waals surface area contributed by atoms with Gasteiger partial charge in [0.25, 0.3) is 0 Å². The Labute approximate surface area is 161 Å². The molecule has 0 aliphatic carbocycles. The van der Waals surface area contributed by atoms with Crippen LogP contribution in [-0.2, 0) is 31.2 Å². The lowest BCUT2D eigenvalue weighted by atomic mass is 9.84. The van der Waals surface area contributed by atoms with Gasteiger partial charge in [0.15, 0.2) is 15.6 Å². The Balaban J connectivity index is 2.06. The van der Waals surface area contributed by atoms with E-state index in [0.29, 0.717) is 31.1 Å². The van der Waals surface area contributed by atoms with Crippen LogP contribution in [0.5, 0.6) is 0 Å². The van der Waals surface area contributed by atoms with Crippen molar-refractivity contribution in [1.82, 2.24) is 5.16 Å². The lowest BCUT2D eigenvalue weighted by Gasteiger charge is -2.24. The molecule has 0 spiro atoms. The van der Waals surface area contributed by atoms with Crippen LogP contribution in [0.15, 0.2) is 10.6 Å². The number of ketones is 1. The first-order chi connectivity index (χ1) is 12.4. The van der Waals surface area contributed by atoms with Crippen LogP contribution in [-0.4, -0.2) is 54.3 Å². The summed E-state index contributed by atoms with van der Waals surface area (Å²) < 4.78 is 34.5. The van der Waals surface area contributed by atoms with E-state index in [1.54, 1.807) is 13.0 Å². The summed E-state index contributed by atoms with van der Waals surface area (Å²) in [5.41, 5.74) is -0.0994. The number of Topliss-reactive ketones (excluding diaryl/α,β-unsaturated/α-hetero) is 1. The molecule has 1 aliphatic rings. The van der Waals surface area contributed by atoms with Gasteiger partial charge in [-0.2, -0.15) is 0 Å². The molecule has 2 heterocycles. The second-order valence-electron chi connectivity index (χ2n) is 8.52. The van der Waals surface area contributed by atoms with Crippen molar-refractivity contribution in [2.45, 2.75) is 70.1 Å². The molecule has 7 nitrogen and oxygen atoms in total. The van der Waals surface area contributed by atoms with Gasteiger partial charge in [0.2, 0.25) is 0 Å². The molecular weight excluding hydrogens is 370 g/mol. The van der Waals surface area contributed by atoms with Crippen LogP contribution >= 0.6 is 0 Å². The highest BCUT2D eigenvalue weighted by Crippen LogP contribution is 2.28. The number of sulfone groups is 1. The summed E-state index contributed by atoms with van der Waals surface area (Å²) in [4.78, 5) is 12.7. The van der Waals surface area contributed by atoms with E-state index in [1.807, 2.05) is 13.8 Å². The first kappa shape index (κ1) is 22.0. The van der Waals surface area contributed by atoms with E-state index in [-0.39, 0.29) is 18.1 Å². The van der Waals surface area contributed by atoms with Gasteiger partial charge >= 0.3 is 0 Å². The maximum Gasteiger partial charge on any atom is 0.162 e. The number of rotatable bonds is 9. The Morgan fingerprint density at radius 2 is 2.04 bits per heavy atom. The molecule has 154 valence electrons. The molecule has 2 atom stereocenters. The molecule has 1 aliphatic heterocycles. The number of hydrogen-bond donors (Lipinski definition) is 1. The highest BCUT2D eigenvalue weighted by molar-refractivity contribution is 7.93. The smallest absolute Gasteiger partial charge is 0.162 e. The minimum Gasteiger partial charge on any atom is -0.392 e. The summed E-state index contributed by atoms with van der Waals surface area (Å²) in [5.74, 6) is 0.0837. The van der Waals surface area contributed by atoms with Crippen molar-refractivity contribution in [3.63, 3.8) is 0 Å². The van der Waals surface area contributed by atoms with Crippen LogP contribution in [0, 0.1) is 5.92 Å². The summed E-state index contributed by atoms with van der Waals surface area (Å²) in [5, 5.41) is 13.8. The first-order valence-corrected chi connectivity index (χ1v) is 11.0. The largest absolute Gasteiger partial charge is 0.392 e. The van der Waals surface area contributed by atoms with Gasteiger partial charge in [-0.25, -0.2) is 8.42 Å². The third-order valence-corrected chi connectivity index (χ3v) is 8.42. The molecule has 1 aromatic rings. The fraction of sp³-hybridized carbons (Fsp3) is 0.789. The SMILES string of the molecule is C[C@H](O)C(C)(C)c1cc(CC(=O)C(C)(C)S(=O)(=O)CC[C@@H]2CCOC2)on1. The molecule has 0 amide bonds. The lowest BCUT2D eigenvalue weighted by molar-refractivity contribution is -0.120. The molecule has 0 unspecified atom stereocenters. The monoisotopic (exact) mass is 401 g/mol. The molecule has 0 bridgehead atoms. The molecule has 0 radical (unpaired) electrons. The van der Waals surface area contributed by atoms with Crippen LogP contribution < -0.4 is 0 Å². The standard InChI is InChI=1S/C19H31NO6S/c1-13(21)18(2,3)16-10-15(26-20-16)11-17(22)19(4,5)27(23,24)9-7-14-6-8-25-12-14/h10,13-14,21H,6-9,11-12H2,1-5H3/t13-,14-/m0/s1. The third kappa shape index (κ3) is 4.78. The van der Waals surface area contributed by atoms with Gasteiger partial charge in [-0.05, 0) is 39.5 Å². The van der Waals surface area contributed by atoms with Gasteiger partial charge in [-0.1, -0.05) is 19.0 Å². The van der Waals surface area contributed by atoms with E-state index in [2.05, 4.69) is 5.16 Å². The fourth-order valence-corrected chi connectivity index (χ4v) is 4.42. The van der Waals surface area contributed by atoms with Crippen LogP contribution in [0.3, 0.4) is 0 Å². The van der Waals surface area contributed by atoms with E-state index < -0.39 is 31.9 Å². The number of aliphatic hydroxyl groups excluding tert-OH is 1. The van der Waals surface area contributed by atoms with Gasteiger partial charge in [-0.15, -0.1) is 0 Å². The molecule has 1 fully saturated rings. The van der Waals surface area contributed by atoms with E-state index in [4.69, 9.17) is 9.26 Å². The normalized spacial score (nSPS) is 20.0. The zero-order valence-electron chi connectivity index (χ0n) is 16.8. The Morgan fingerprint density at radius 3 is 2.59 bits per heavy atom. The van der Waals surface area contributed by atoms with Crippen molar-refractivity contribution in [2.75, 3.05) is 19.0 Å². The Bertz CT molecular complexity index is 757. The van der Waals surface area contributed by atoms with Gasteiger partial charge in [-0.3, -0.25) is 4.79 Å². The number of ether oxygens (including phenoxy) is 1. The molecule has 27 heavy (non-hydrogen) atoms. The van der Waals surface area contributed by atoms with Crippen molar-refractivity contribution < 1.29 is 27.6 Å². The Kier molecular flexibility index (Phi) is 6.54. The zero-order valence-corrected chi connectivity index (χ0v) is 17.6. The van der Waals surface area contributed by atoms with E-state index in [9.17, 15) is 18.3 Å². The Hall–Kier alpha value is -1.25. The molecule has 0 aromatic carbocycles. The van der Waals surface area contributed by atoms with Crippen LogP contribution in [0.4, 0.5) is 0 Å². The maximum absolute atomic E-state index is 12.8. The summed E-state index contributed by atoms with van der Waals surface area (Å²) in [6.45, 7) is 9.46. The number of aromatic nitrogens is 1. The molecule has 1 aromatic heterocycles. The van der Waals surface area contributed by atoms with Crippen LogP contribution in [0.25, 0.3) is 0 Å². The van der Waals surface area contributed by atoms with E-state index >= 15 is 0 Å². The zero-order chi connectivity index (χ0) is 20.5. The summed E-state index contributed by atoms with van der Waals surface area (Å²) >= 11 is 0. The van der Waals surface area contributed by atoms with E-state index in [0.717, 1.165) is 6.42 Å². The van der Waals surface area contributed by atoms with Crippen molar-refractivity contribution in [3.8, 4) is 0 Å². The van der Waals surface area contributed by atoms with Crippen LogP contribution in [0.2, 0.25) is 0 Å². The summed E-state index contributed by atoms with van der Waals surface area (Å²) in [6.07, 6.45) is 0.571. The van der Waals surface area contributed by atoms with Crippen molar-refractivity contribution in [1.29, 1.82) is 0 Å². The van der Waals surface area contributed by atoms with Crippen molar-refractivity contribution in [2.24, 2.45) is 5.92 Å². The first-order valence-electron chi connectivity index (χ1n) is 9.35. The minimum atomic E-state index is -3.61. The highest BCUT2D eigenvalue weighted by atomic mass is 32.2. The van der Waals surface area contributed by atoms with Gasteiger partial charge in [0, 0.05) is 24.7 Å². The number of aliphatic hydroxyl groups is 1. The fourth-order valence-electron chi connectivity index (χ4n) is 2.85. The van der Waals surface area contributed by atoms with Crippen molar-refractivity contribution in [3.05, 3.63) is 17.5 Å². The average molecular weight is 402 g/mol. The summed E-state index contributed by atoms with van der Waals surface area (Å²) in [6, 6.07) is 1.61. The predicted octanol–water partition coefficient (Wildman–Crippen LogP) is 2.06. The quantitative estimate of drug-likeness (QED) is 0.675. The van der Waals surface area contributed by atoms with Gasteiger partial charge in [0.1, 0.15) is 10.5 Å². The number of carbonyl (C=O) groups excluding carboxylic acids is 1. The minimum absolute atomic E-state index is 0.0313. The Morgan fingerprint density at radius 1 is 1.37 bits per heavy atom. The second kappa shape index (κ2) is 8.01. The van der Waals surface area contributed by atoms with Crippen LogP contribution in [0.1, 0.15) is 58.9 Å². The number of nitrogens with zero attached hydrogens (tertiary/aromatic N) is 1. The van der Waals surface area contributed by atoms with E-state index in [1.165, 1.54) is 13.8 Å². The van der Waals surface area contributed by atoms with Gasteiger partial charge in [0.05, 0.1) is 24.0 Å². The number of hydrogen-bond acceptors (Lipinski definition) is 7. The highest BCUT2D eigenvalue weighted by Gasteiger charge is 2.42. The lowest BCUT2D eigenvalue weighted by Crippen LogP contribution is -2.43. The third-order valence-electron chi connectivity index (χ3n) is 5.87. The van der Waals surface area contributed by atoms with Crippen molar-refractivity contribution >= 4 is 15.6 Å². The molecule has 8 heteroatoms. The average Bonchev–Trinajstić information content (AvgIpc) is 3.24.